The summed E-state index contributed by atoms with van der Waals surface area (Å²) in [4.78, 5) is 13.6. The molecule has 1 amide bonds. The SMILES string of the molecule is Cc1ccc(Cl)c(N2CC(Br)CC2=O)c1Cl. The molecule has 1 fully saturated rings. The molecular weight excluding hydrogens is 313 g/mol. The molecule has 1 aliphatic rings. The van der Waals surface area contributed by atoms with Crippen LogP contribution >= 0.6 is 39.1 Å². The van der Waals surface area contributed by atoms with Gasteiger partial charge in [-0.2, -0.15) is 0 Å². The minimum absolute atomic E-state index is 0.0521. The number of carbonyl (C=O) groups is 1. The van der Waals surface area contributed by atoms with Crippen molar-refractivity contribution in [3.8, 4) is 0 Å². The van der Waals surface area contributed by atoms with Gasteiger partial charge < -0.3 is 4.90 Å². The fourth-order valence-electron chi connectivity index (χ4n) is 1.77. The summed E-state index contributed by atoms with van der Waals surface area (Å²) >= 11 is 15.7. The Morgan fingerprint density at radius 1 is 1.44 bits per heavy atom. The summed E-state index contributed by atoms with van der Waals surface area (Å²) in [6.07, 6.45) is 0.487. The zero-order valence-corrected chi connectivity index (χ0v) is 11.7. The van der Waals surface area contributed by atoms with Crippen molar-refractivity contribution >= 4 is 50.7 Å². The highest BCUT2D eigenvalue weighted by atomic mass is 79.9. The van der Waals surface area contributed by atoms with Crippen LogP contribution in [0.4, 0.5) is 5.69 Å². The number of anilines is 1. The number of hydrogen-bond acceptors (Lipinski definition) is 1. The van der Waals surface area contributed by atoms with E-state index >= 15 is 0 Å². The summed E-state index contributed by atoms with van der Waals surface area (Å²) in [5.74, 6) is 0.0521. The standard InChI is InChI=1S/C11H10BrCl2NO/c1-6-2-3-8(13)11(10(6)14)15-5-7(12)4-9(15)16/h2-3,7H,4-5H2,1H3. The number of carbonyl (C=O) groups excluding carboxylic acids is 1. The van der Waals surface area contributed by atoms with Crippen LogP contribution in [-0.2, 0) is 4.79 Å². The molecule has 86 valence electrons. The lowest BCUT2D eigenvalue weighted by atomic mass is 10.2. The zero-order valence-electron chi connectivity index (χ0n) is 8.64. The van der Waals surface area contributed by atoms with Crippen LogP contribution in [-0.4, -0.2) is 17.3 Å². The molecule has 1 heterocycles. The Morgan fingerprint density at radius 3 is 2.69 bits per heavy atom. The number of amides is 1. The summed E-state index contributed by atoms with van der Waals surface area (Å²) in [6, 6.07) is 3.62. The van der Waals surface area contributed by atoms with Crippen molar-refractivity contribution in [3.05, 3.63) is 27.7 Å². The lowest BCUT2D eigenvalue weighted by molar-refractivity contribution is -0.117. The van der Waals surface area contributed by atoms with Gasteiger partial charge in [0.1, 0.15) is 0 Å². The van der Waals surface area contributed by atoms with Gasteiger partial charge in [-0.3, -0.25) is 4.79 Å². The van der Waals surface area contributed by atoms with Gasteiger partial charge in [0.25, 0.3) is 0 Å². The van der Waals surface area contributed by atoms with Gasteiger partial charge in [-0.1, -0.05) is 45.2 Å². The smallest absolute Gasteiger partial charge is 0.228 e. The van der Waals surface area contributed by atoms with Gasteiger partial charge in [-0.05, 0) is 18.6 Å². The Hall–Kier alpha value is -0.250. The molecule has 0 saturated carbocycles. The molecule has 1 saturated heterocycles. The first-order valence-corrected chi connectivity index (χ1v) is 6.57. The van der Waals surface area contributed by atoms with Crippen LogP contribution < -0.4 is 4.90 Å². The van der Waals surface area contributed by atoms with E-state index in [9.17, 15) is 4.79 Å². The molecular formula is C11H10BrCl2NO. The van der Waals surface area contributed by atoms with E-state index < -0.39 is 0 Å². The van der Waals surface area contributed by atoms with Crippen LogP contribution in [0, 0.1) is 6.92 Å². The summed E-state index contributed by atoms with van der Waals surface area (Å²) < 4.78 is 0. The molecule has 0 bridgehead atoms. The number of halogens is 3. The largest absolute Gasteiger partial charge is 0.308 e. The summed E-state index contributed by atoms with van der Waals surface area (Å²) in [7, 11) is 0. The van der Waals surface area contributed by atoms with E-state index in [1.165, 1.54) is 0 Å². The third-order valence-electron chi connectivity index (χ3n) is 2.61. The zero-order chi connectivity index (χ0) is 11.9. The predicted octanol–water partition coefficient (Wildman–Crippen LogP) is 3.80. The molecule has 5 heteroatoms. The maximum atomic E-state index is 11.8. The van der Waals surface area contributed by atoms with Gasteiger partial charge >= 0.3 is 0 Å². The van der Waals surface area contributed by atoms with Crippen LogP contribution in [0.2, 0.25) is 10.0 Å². The van der Waals surface area contributed by atoms with Crippen LogP contribution in [0.3, 0.4) is 0 Å². The molecule has 1 aliphatic heterocycles. The van der Waals surface area contributed by atoms with Gasteiger partial charge in [0.05, 0.1) is 15.7 Å². The summed E-state index contributed by atoms with van der Waals surface area (Å²) in [5, 5.41) is 1.08. The van der Waals surface area contributed by atoms with Crippen molar-refractivity contribution in [3.63, 3.8) is 0 Å². The van der Waals surface area contributed by atoms with E-state index in [0.717, 1.165) is 5.56 Å². The molecule has 1 aromatic rings. The van der Waals surface area contributed by atoms with Crippen molar-refractivity contribution in [2.24, 2.45) is 0 Å². The maximum Gasteiger partial charge on any atom is 0.228 e. The minimum Gasteiger partial charge on any atom is -0.308 e. The average molecular weight is 323 g/mol. The van der Waals surface area contributed by atoms with E-state index in [1.54, 1.807) is 11.0 Å². The van der Waals surface area contributed by atoms with Crippen molar-refractivity contribution in [2.75, 3.05) is 11.4 Å². The Balaban J connectivity index is 2.48. The first-order chi connectivity index (χ1) is 7.50. The first kappa shape index (κ1) is 12.2. The topological polar surface area (TPSA) is 20.3 Å². The number of nitrogens with zero attached hydrogens (tertiary/aromatic N) is 1. The summed E-state index contributed by atoms with van der Waals surface area (Å²) in [6.45, 7) is 2.51. The van der Waals surface area contributed by atoms with Crippen LogP contribution in [0.15, 0.2) is 12.1 Å². The first-order valence-electron chi connectivity index (χ1n) is 4.89. The second kappa shape index (κ2) is 4.55. The van der Waals surface area contributed by atoms with Crippen molar-refractivity contribution in [1.29, 1.82) is 0 Å². The predicted molar refractivity (Wildman–Crippen MR) is 70.9 cm³/mol. The molecule has 2 nitrogen and oxygen atoms in total. The van der Waals surface area contributed by atoms with Gasteiger partial charge in [0.15, 0.2) is 0 Å². The van der Waals surface area contributed by atoms with Crippen molar-refractivity contribution in [1.82, 2.24) is 0 Å². The molecule has 0 aromatic heterocycles. The molecule has 0 spiro atoms. The van der Waals surface area contributed by atoms with E-state index in [-0.39, 0.29) is 10.7 Å². The quantitative estimate of drug-likeness (QED) is 0.720. The molecule has 16 heavy (non-hydrogen) atoms. The second-order valence-electron chi connectivity index (χ2n) is 3.83. The number of aryl methyl sites for hydroxylation is 1. The van der Waals surface area contributed by atoms with E-state index in [4.69, 9.17) is 23.2 Å². The number of benzene rings is 1. The van der Waals surface area contributed by atoms with Crippen LogP contribution in [0.1, 0.15) is 12.0 Å². The second-order valence-corrected chi connectivity index (χ2v) is 5.91. The Bertz CT molecular complexity index is 450. The van der Waals surface area contributed by atoms with Gasteiger partial charge in [-0.15, -0.1) is 0 Å². The van der Waals surface area contributed by atoms with E-state index in [2.05, 4.69) is 15.9 Å². The number of hydrogen-bond donors (Lipinski definition) is 0. The van der Waals surface area contributed by atoms with Gasteiger partial charge in [-0.25, -0.2) is 0 Å². The Kier molecular flexibility index (Phi) is 3.48. The number of rotatable bonds is 1. The molecule has 0 N–H and O–H groups in total. The third kappa shape index (κ3) is 2.08. The monoisotopic (exact) mass is 321 g/mol. The van der Waals surface area contributed by atoms with Crippen LogP contribution in [0.5, 0.6) is 0 Å². The van der Waals surface area contributed by atoms with Crippen molar-refractivity contribution in [2.45, 2.75) is 18.2 Å². The average Bonchev–Trinajstić information content (AvgIpc) is 2.53. The lowest BCUT2D eigenvalue weighted by Gasteiger charge is -2.20. The molecule has 0 radical (unpaired) electrons. The highest BCUT2D eigenvalue weighted by Crippen LogP contribution is 2.38. The molecule has 0 aliphatic carbocycles. The third-order valence-corrected chi connectivity index (χ3v) is 4.00. The Morgan fingerprint density at radius 2 is 2.12 bits per heavy atom. The van der Waals surface area contributed by atoms with Crippen molar-refractivity contribution < 1.29 is 4.79 Å². The van der Waals surface area contributed by atoms with Gasteiger partial charge in [0, 0.05) is 17.8 Å². The highest BCUT2D eigenvalue weighted by molar-refractivity contribution is 9.09. The maximum absolute atomic E-state index is 11.8. The van der Waals surface area contributed by atoms with E-state index in [1.807, 2.05) is 13.0 Å². The van der Waals surface area contributed by atoms with Gasteiger partial charge in [0.2, 0.25) is 5.91 Å². The fourth-order valence-corrected chi connectivity index (χ4v) is 2.91. The molecule has 1 atom stereocenters. The normalized spacial score (nSPS) is 20.6. The minimum atomic E-state index is 0.0521. The highest BCUT2D eigenvalue weighted by Gasteiger charge is 2.31. The molecule has 1 aromatic carbocycles. The van der Waals surface area contributed by atoms with Crippen LogP contribution in [0.25, 0.3) is 0 Å². The van der Waals surface area contributed by atoms with E-state index in [0.29, 0.717) is 28.7 Å². The molecule has 2 rings (SSSR count). The fraction of sp³-hybridized carbons (Fsp3) is 0.364. The number of alkyl halides is 1. The lowest BCUT2D eigenvalue weighted by Crippen LogP contribution is -2.25. The molecule has 1 unspecified atom stereocenters. The summed E-state index contributed by atoms with van der Waals surface area (Å²) in [5.41, 5.74) is 1.56. The Labute approximate surface area is 113 Å².